The van der Waals surface area contributed by atoms with E-state index in [2.05, 4.69) is 58.2 Å². The molecule has 0 saturated heterocycles. The summed E-state index contributed by atoms with van der Waals surface area (Å²) in [7, 11) is 0. The Morgan fingerprint density at radius 1 is 0.824 bits per heavy atom. The first-order valence-corrected chi connectivity index (χ1v) is 6.35. The van der Waals surface area contributed by atoms with Crippen molar-refractivity contribution in [2.75, 3.05) is 6.54 Å². The molecule has 0 spiro atoms. The van der Waals surface area contributed by atoms with Gasteiger partial charge in [0.2, 0.25) is 0 Å². The van der Waals surface area contributed by atoms with Crippen LogP contribution in [0.4, 0.5) is 0 Å². The summed E-state index contributed by atoms with van der Waals surface area (Å²) in [4.78, 5) is 0. The minimum absolute atomic E-state index is 0.136. The molecule has 1 aliphatic heterocycles. The normalized spacial score (nSPS) is 17.2. The monoisotopic (exact) mass is 240 g/mol. The van der Waals surface area contributed by atoms with E-state index in [-0.39, 0.29) is 4.75 Å². The van der Waals surface area contributed by atoms with Crippen molar-refractivity contribution in [3.05, 3.63) is 71.8 Å². The fraction of sp³-hybridized carbons (Fsp3) is 0.143. The van der Waals surface area contributed by atoms with Crippen molar-refractivity contribution in [2.24, 2.45) is 9.63 Å². The Bertz CT molecular complexity index is 473. The van der Waals surface area contributed by atoms with Gasteiger partial charge in [0.15, 0.2) is 0 Å². The Labute approximate surface area is 105 Å². The molecule has 17 heavy (non-hydrogen) atoms. The van der Waals surface area contributed by atoms with E-state index in [1.165, 1.54) is 11.1 Å². The molecule has 1 aliphatic rings. The van der Waals surface area contributed by atoms with Gasteiger partial charge >= 0.3 is 0 Å². The number of nitrogens with zero attached hydrogens (tertiary/aromatic N) is 2. The smallest absolute Gasteiger partial charge is 0.111 e. The molecule has 2 nitrogen and oxygen atoms in total. The Balaban J connectivity index is 2.12. The highest BCUT2D eigenvalue weighted by Crippen LogP contribution is 2.47. The van der Waals surface area contributed by atoms with Crippen LogP contribution in [0, 0.1) is 0 Å². The first kappa shape index (κ1) is 10.5. The molecule has 0 N–H and O–H groups in total. The molecule has 3 heteroatoms. The van der Waals surface area contributed by atoms with Crippen molar-refractivity contribution < 1.29 is 0 Å². The van der Waals surface area contributed by atoms with Crippen molar-refractivity contribution in [1.82, 2.24) is 0 Å². The van der Waals surface area contributed by atoms with Crippen LogP contribution in [0.15, 0.2) is 70.3 Å². The van der Waals surface area contributed by atoms with E-state index in [0.717, 1.165) is 0 Å². The predicted molar refractivity (Wildman–Crippen MR) is 71.0 cm³/mol. The van der Waals surface area contributed by atoms with Gasteiger partial charge in [0.05, 0.1) is 6.54 Å². The molecular weight excluding hydrogens is 228 g/mol. The molecule has 1 heterocycles. The van der Waals surface area contributed by atoms with Crippen molar-refractivity contribution in [1.29, 1.82) is 0 Å². The van der Waals surface area contributed by atoms with Crippen LogP contribution in [0.3, 0.4) is 0 Å². The van der Waals surface area contributed by atoms with Crippen LogP contribution in [0.5, 0.6) is 0 Å². The zero-order valence-corrected chi connectivity index (χ0v) is 10.1. The summed E-state index contributed by atoms with van der Waals surface area (Å²) in [6.07, 6.45) is 0. The number of hydrogen-bond donors (Lipinski definition) is 0. The van der Waals surface area contributed by atoms with Gasteiger partial charge in [-0.1, -0.05) is 60.7 Å². The quantitative estimate of drug-likeness (QED) is 0.727. The average molecular weight is 240 g/mol. The van der Waals surface area contributed by atoms with E-state index in [4.69, 9.17) is 0 Å². The zero-order chi connectivity index (χ0) is 11.6. The highest BCUT2D eigenvalue weighted by Gasteiger charge is 2.38. The Morgan fingerprint density at radius 2 is 1.35 bits per heavy atom. The Hall–Kier alpha value is -1.61. The molecule has 0 aliphatic carbocycles. The van der Waals surface area contributed by atoms with Gasteiger partial charge < -0.3 is 0 Å². The largest absolute Gasteiger partial charge is 0.180 e. The van der Waals surface area contributed by atoms with Gasteiger partial charge in [-0.15, -0.1) is 4.52 Å². The van der Waals surface area contributed by atoms with Gasteiger partial charge in [0.25, 0.3) is 0 Å². The predicted octanol–water partition coefficient (Wildman–Crippen LogP) is 4.04. The standard InChI is InChI=1S/C14H12N2S/c1-3-7-12(8-4-1)14(11-15-16-17-14)13-9-5-2-6-10-13/h1-10H,11H2. The van der Waals surface area contributed by atoms with Crippen molar-refractivity contribution in [2.45, 2.75) is 4.75 Å². The van der Waals surface area contributed by atoms with Crippen LogP contribution in [0.25, 0.3) is 0 Å². The summed E-state index contributed by atoms with van der Waals surface area (Å²) in [5.74, 6) is 0. The SMILES string of the molecule is c1ccc(C2(c3ccccc3)CN=NS2)cc1. The topological polar surface area (TPSA) is 24.7 Å². The highest BCUT2D eigenvalue weighted by atomic mass is 32.2. The summed E-state index contributed by atoms with van der Waals surface area (Å²) < 4.78 is 3.99. The molecule has 0 radical (unpaired) electrons. The third kappa shape index (κ3) is 1.76. The van der Waals surface area contributed by atoms with Crippen molar-refractivity contribution >= 4 is 11.9 Å². The molecule has 0 atom stereocenters. The summed E-state index contributed by atoms with van der Waals surface area (Å²) in [6, 6.07) is 20.9. The minimum Gasteiger partial charge on any atom is -0.180 e. The molecular formula is C14H12N2S. The summed E-state index contributed by atoms with van der Waals surface area (Å²) >= 11 is 1.55. The first-order valence-electron chi connectivity index (χ1n) is 5.58. The Morgan fingerprint density at radius 3 is 1.76 bits per heavy atom. The van der Waals surface area contributed by atoms with Crippen LogP contribution in [0.2, 0.25) is 0 Å². The van der Waals surface area contributed by atoms with Crippen molar-refractivity contribution in [3.8, 4) is 0 Å². The van der Waals surface area contributed by atoms with Crippen LogP contribution in [-0.2, 0) is 4.75 Å². The second-order valence-corrected chi connectivity index (χ2v) is 5.07. The maximum Gasteiger partial charge on any atom is 0.111 e. The fourth-order valence-electron chi connectivity index (χ4n) is 2.13. The second kappa shape index (κ2) is 4.34. The maximum atomic E-state index is 4.18. The van der Waals surface area contributed by atoms with E-state index in [0.29, 0.717) is 6.54 Å². The zero-order valence-electron chi connectivity index (χ0n) is 9.28. The summed E-state index contributed by atoms with van der Waals surface area (Å²) in [5.41, 5.74) is 2.53. The van der Waals surface area contributed by atoms with Crippen LogP contribution in [-0.4, -0.2) is 6.54 Å². The van der Waals surface area contributed by atoms with E-state index in [9.17, 15) is 0 Å². The lowest BCUT2D eigenvalue weighted by Gasteiger charge is -2.26. The Kier molecular flexibility index (Phi) is 2.69. The molecule has 2 aromatic carbocycles. The summed E-state index contributed by atoms with van der Waals surface area (Å²) in [6.45, 7) is 0.714. The number of hydrogen-bond acceptors (Lipinski definition) is 3. The van der Waals surface area contributed by atoms with Crippen LogP contribution in [0.1, 0.15) is 11.1 Å². The summed E-state index contributed by atoms with van der Waals surface area (Å²) in [5, 5.41) is 4.18. The number of rotatable bonds is 2. The minimum atomic E-state index is -0.136. The molecule has 3 rings (SSSR count). The van der Waals surface area contributed by atoms with Gasteiger partial charge in [-0.2, -0.15) is 5.11 Å². The molecule has 0 saturated carbocycles. The van der Waals surface area contributed by atoms with Crippen LogP contribution < -0.4 is 0 Å². The van der Waals surface area contributed by atoms with Gasteiger partial charge in [0, 0.05) is 11.9 Å². The third-order valence-electron chi connectivity index (χ3n) is 3.03. The lowest BCUT2D eigenvalue weighted by molar-refractivity contribution is 0.763. The molecule has 2 aromatic rings. The van der Waals surface area contributed by atoms with E-state index >= 15 is 0 Å². The lowest BCUT2D eigenvalue weighted by Crippen LogP contribution is -2.24. The number of benzene rings is 2. The van der Waals surface area contributed by atoms with Gasteiger partial charge in [-0.25, -0.2) is 0 Å². The fourth-order valence-corrected chi connectivity index (χ4v) is 2.98. The first-order chi connectivity index (χ1) is 8.42. The van der Waals surface area contributed by atoms with E-state index in [1.807, 2.05) is 12.1 Å². The van der Waals surface area contributed by atoms with Gasteiger partial charge in [0.1, 0.15) is 4.75 Å². The average Bonchev–Trinajstić information content (AvgIpc) is 2.91. The molecule has 0 amide bonds. The molecule has 84 valence electrons. The molecule has 0 aromatic heterocycles. The molecule has 0 bridgehead atoms. The second-order valence-electron chi connectivity index (χ2n) is 4.03. The van der Waals surface area contributed by atoms with E-state index in [1.54, 1.807) is 11.9 Å². The van der Waals surface area contributed by atoms with Crippen LogP contribution >= 0.6 is 11.9 Å². The third-order valence-corrected chi connectivity index (χ3v) is 4.14. The van der Waals surface area contributed by atoms with Gasteiger partial charge in [-0.3, -0.25) is 0 Å². The molecule has 0 fully saturated rings. The van der Waals surface area contributed by atoms with E-state index < -0.39 is 0 Å². The molecule has 0 unspecified atom stereocenters. The highest BCUT2D eigenvalue weighted by molar-refractivity contribution is 7.99. The maximum absolute atomic E-state index is 4.18. The van der Waals surface area contributed by atoms with Gasteiger partial charge in [-0.05, 0) is 11.1 Å². The lowest BCUT2D eigenvalue weighted by atomic mass is 9.90. The van der Waals surface area contributed by atoms with Crippen molar-refractivity contribution in [3.63, 3.8) is 0 Å².